The summed E-state index contributed by atoms with van der Waals surface area (Å²) >= 11 is 0. The predicted octanol–water partition coefficient (Wildman–Crippen LogP) is 3.66. The summed E-state index contributed by atoms with van der Waals surface area (Å²) in [7, 11) is 3.56. The van der Waals surface area contributed by atoms with E-state index in [1.54, 1.807) is 7.11 Å². The molecule has 20 heavy (non-hydrogen) atoms. The van der Waals surface area contributed by atoms with Gasteiger partial charge in [0.1, 0.15) is 5.75 Å². The molecule has 2 aromatic carbocycles. The first kappa shape index (κ1) is 14.4. The van der Waals surface area contributed by atoms with Crippen molar-refractivity contribution in [3.63, 3.8) is 0 Å². The number of rotatable bonds is 4. The average molecular weight is 268 g/mol. The molecule has 104 valence electrons. The molecule has 1 unspecified atom stereocenters. The van der Waals surface area contributed by atoms with Gasteiger partial charge in [-0.05, 0) is 55.4 Å². The van der Waals surface area contributed by atoms with Gasteiger partial charge in [-0.25, -0.2) is 0 Å². The highest BCUT2D eigenvalue weighted by Crippen LogP contribution is 2.34. The van der Waals surface area contributed by atoms with Crippen LogP contribution in [0, 0.1) is 16.7 Å². The third kappa shape index (κ3) is 2.61. The van der Waals surface area contributed by atoms with Crippen molar-refractivity contribution in [3.8, 4) is 11.8 Å². The Bertz CT molecular complexity index is 656. The molecule has 0 radical (unpaired) electrons. The number of fused-ring (bicyclic) bond motifs is 1. The van der Waals surface area contributed by atoms with E-state index in [1.165, 1.54) is 0 Å². The van der Waals surface area contributed by atoms with E-state index in [9.17, 15) is 5.26 Å². The largest absolute Gasteiger partial charge is 0.497 e. The van der Waals surface area contributed by atoms with Gasteiger partial charge in [0, 0.05) is 0 Å². The smallest absolute Gasteiger partial charge is 0.119 e. The predicted molar refractivity (Wildman–Crippen MR) is 81.7 cm³/mol. The molecule has 0 saturated heterocycles. The lowest BCUT2D eigenvalue weighted by atomic mass is 9.81. The van der Waals surface area contributed by atoms with Gasteiger partial charge in [0.25, 0.3) is 0 Å². The van der Waals surface area contributed by atoms with E-state index in [1.807, 2.05) is 39.1 Å². The van der Waals surface area contributed by atoms with E-state index < -0.39 is 5.41 Å². The zero-order valence-electron chi connectivity index (χ0n) is 12.4. The fourth-order valence-corrected chi connectivity index (χ4v) is 2.56. The van der Waals surface area contributed by atoms with Gasteiger partial charge in [-0.3, -0.25) is 0 Å². The van der Waals surface area contributed by atoms with E-state index in [2.05, 4.69) is 29.6 Å². The summed E-state index contributed by atoms with van der Waals surface area (Å²) in [4.78, 5) is 0. The van der Waals surface area contributed by atoms with Gasteiger partial charge in [0.05, 0.1) is 24.6 Å². The molecule has 2 aromatic rings. The minimum atomic E-state index is -0.463. The van der Waals surface area contributed by atoms with Gasteiger partial charge >= 0.3 is 0 Å². The number of nitrogens with zero attached hydrogens (tertiary/aromatic N) is 1. The van der Waals surface area contributed by atoms with Crippen molar-refractivity contribution in [2.24, 2.45) is 5.41 Å². The molecule has 0 heterocycles. The third-order valence-electron chi connectivity index (χ3n) is 3.70. The van der Waals surface area contributed by atoms with Gasteiger partial charge in [-0.1, -0.05) is 18.2 Å². The molecule has 2 rings (SSSR count). The van der Waals surface area contributed by atoms with E-state index in [0.717, 1.165) is 22.1 Å². The molecular formula is C17H20N2O. The van der Waals surface area contributed by atoms with Crippen molar-refractivity contribution in [2.75, 3.05) is 14.2 Å². The fourth-order valence-electron chi connectivity index (χ4n) is 2.56. The van der Waals surface area contributed by atoms with Crippen molar-refractivity contribution >= 4 is 10.8 Å². The van der Waals surface area contributed by atoms with Crippen LogP contribution in [0.4, 0.5) is 0 Å². The second kappa shape index (κ2) is 5.52. The minimum Gasteiger partial charge on any atom is -0.497 e. The summed E-state index contributed by atoms with van der Waals surface area (Å²) in [6, 6.07) is 14.7. The summed E-state index contributed by atoms with van der Waals surface area (Å²) in [6.07, 6.45) is 0. The lowest BCUT2D eigenvalue weighted by molar-refractivity contribution is 0.344. The van der Waals surface area contributed by atoms with Crippen molar-refractivity contribution < 1.29 is 4.74 Å². The summed E-state index contributed by atoms with van der Waals surface area (Å²) < 4.78 is 5.24. The van der Waals surface area contributed by atoms with Gasteiger partial charge in [0.15, 0.2) is 0 Å². The highest BCUT2D eigenvalue weighted by Gasteiger charge is 2.29. The van der Waals surface area contributed by atoms with Gasteiger partial charge in [-0.15, -0.1) is 0 Å². The molecule has 0 bridgehead atoms. The zero-order chi connectivity index (χ0) is 14.8. The number of nitrogens with one attached hydrogen (secondary N) is 1. The van der Waals surface area contributed by atoms with Crippen LogP contribution in [0.25, 0.3) is 10.8 Å². The Morgan fingerprint density at radius 2 is 1.80 bits per heavy atom. The Kier molecular flexibility index (Phi) is 3.96. The maximum Gasteiger partial charge on any atom is 0.119 e. The van der Waals surface area contributed by atoms with Gasteiger partial charge in [-0.2, -0.15) is 5.26 Å². The molecule has 0 spiro atoms. The third-order valence-corrected chi connectivity index (χ3v) is 3.70. The average Bonchev–Trinajstić information content (AvgIpc) is 2.47. The lowest BCUT2D eigenvalue weighted by Gasteiger charge is -2.28. The molecule has 0 aliphatic rings. The number of hydrogen-bond acceptors (Lipinski definition) is 3. The van der Waals surface area contributed by atoms with Crippen LogP contribution in [0.3, 0.4) is 0 Å². The van der Waals surface area contributed by atoms with Crippen LogP contribution in [-0.4, -0.2) is 14.2 Å². The second-order valence-corrected chi connectivity index (χ2v) is 5.53. The Morgan fingerprint density at radius 1 is 1.15 bits per heavy atom. The summed E-state index contributed by atoms with van der Waals surface area (Å²) in [5, 5.41) is 14.9. The minimum absolute atomic E-state index is 0.000924. The van der Waals surface area contributed by atoms with Crippen LogP contribution >= 0.6 is 0 Å². The van der Waals surface area contributed by atoms with Crippen LogP contribution in [0.2, 0.25) is 0 Å². The van der Waals surface area contributed by atoms with Crippen LogP contribution in [0.5, 0.6) is 5.75 Å². The first-order valence-electron chi connectivity index (χ1n) is 6.68. The first-order chi connectivity index (χ1) is 9.51. The van der Waals surface area contributed by atoms with E-state index in [4.69, 9.17) is 4.74 Å². The second-order valence-electron chi connectivity index (χ2n) is 5.53. The van der Waals surface area contributed by atoms with Crippen LogP contribution in [-0.2, 0) is 0 Å². The van der Waals surface area contributed by atoms with Crippen LogP contribution < -0.4 is 10.1 Å². The monoisotopic (exact) mass is 268 g/mol. The highest BCUT2D eigenvalue weighted by atomic mass is 16.5. The van der Waals surface area contributed by atoms with Crippen LogP contribution in [0.1, 0.15) is 25.5 Å². The van der Waals surface area contributed by atoms with E-state index in [0.29, 0.717) is 0 Å². The molecule has 1 atom stereocenters. The number of hydrogen-bond donors (Lipinski definition) is 1. The maximum absolute atomic E-state index is 9.33. The molecule has 0 saturated carbocycles. The molecule has 3 heteroatoms. The fraction of sp³-hybridized carbons (Fsp3) is 0.353. The molecule has 0 fully saturated rings. The van der Waals surface area contributed by atoms with Crippen molar-refractivity contribution in [1.29, 1.82) is 5.26 Å². The van der Waals surface area contributed by atoms with E-state index in [-0.39, 0.29) is 6.04 Å². The molecular weight excluding hydrogens is 248 g/mol. The number of ether oxygens (including phenoxy) is 1. The molecule has 0 amide bonds. The van der Waals surface area contributed by atoms with E-state index >= 15 is 0 Å². The summed E-state index contributed by atoms with van der Waals surface area (Å²) in [5.74, 6) is 0.854. The molecule has 0 aliphatic carbocycles. The Morgan fingerprint density at radius 3 is 2.40 bits per heavy atom. The maximum atomic E-state index is 9.33. The molecule has 0 aliphatic heterocycles. The quantitative estimate of drug-likeness (QED) is 0.920. The molecule has 1 N–H and O–H groups in total. The normalized spacial score (nSPS) is 12.9. The van der Waals surface area contributed by atoms with Gasteiger partial charge in [0.2, 0.25) is 0 Å². The number of benzene rings is 2. The summed E-state index contributed by atoms with van der Waals surface area (Å²) in [6.45, 7) is 3.90. The standard InChI is InChI=1S/C17H20N2O/c1-17(2,11-18)16(19-3)14-6-5-13-10-15(20-4)8-7-12(13)9-14/h5-10,16,19H,1-4H3. The number of methoxy groups -OCH3 is 1. The first-order valence-corrected chi connectivity index (χ1v) is 6.68. The number of nitriles is 1. The topological polar surface area (TPSA) is 45.0 Å². The SMILES string of the molecule is CNC(c1ccc2cc(OC)ccc2c1)C(C)(C)C#N. The summed E-state index contributed by atoms with van der Waals surface area (Å²) in [5.41, 5.74) is 0.659. The van der Waals surface area contributed by atoms with Gasteiger partial charge < -0.3 is 10.1 Å². The molecule has 0 aromatic heterocycles. The zero-order valence-corrected chi connectivity index (χ0v) is 12.4. The lowest BCUT2D eigenvalue weighted by Crippen LogP contribution is -2.30. The van der Waals surface area contributed by atoms with Crippen LogP contribution in [0.15, 0.2) is 36.4 Å². The Labute approximate surface area is 120 Å². The highest BCUT2D eigenvalue weighted by molar-refractivity contribution is 5.84. The van der Waals surface area contributed by atoms with Crippen molar-refractivity contribution in [2.45, 2.75) is 19.9 Å². The Hall–Kier alpha value is -2.05. The van der Waals surface area contributed by atoms with Crippen molar-refractivity contribution in [1.82, 2.24) is 5.32 Å². The molecule has 3 nitrogen and oxygen atoms in total. The van der Waals surface area contributed by atoms with Crippen molar-refractivity contribution in [3.05, 3.63) is 42.0 Å². The Balaban J connectivity index is 2.48.